The van der Waals surface area contributed by atoms with Crippen LogP contribution in [-0.2, 0) is 9.59 Å². The summed E-state index contributed by atoms with van der Waals surface area (Å²) in [5, 5.41) is 0.559. The van der Waals surface area contributed by atoms with Gasteiger partial charge in [-0.2, -0.15) is 0 Å². The van der Waals surface area contributed by atoms with Crippen molar-refractivity contribution in [3.63, 3.8) is 0 Å². The molecule has 0 bridgehead atoms. The van der Waals surface area contributed by atoms with Gasteiger partial charge in [-0.15, -0.1) is 0 Å². The van der Waals surface area contributed by atoms with Crippen LogP contribution >= 0.6 is 11.6 Å². The molecule has 4 heteroatoms. The van der Waals surface area contributed by atoms with E-state index in [1.165, 1.54) is 6.08 Å². The van der Waals surface area contributed by atoms with E-state index in [-0.39, 0.29) is 11.8 Å². The fourth-order valence-corrected chi connectivity index (χ4v) is 2.26. The second-order valence-electron chi connectivity index (χ2n) is 4.38. The van der Waals surface area contributed by atoms with Crippen molar-refractivity contribution in [3.05, 3.63) is 71.3 Å². The van der Waals surface area contributed by atoms with Crippen molar-refractivity contribution >= 4 is 34.7 Å². The first kappa shape index (κ1) is 12.6. The molecular formula is C16H10ClNO2. The van der Waals surface area contributed by atoms with Crippen molar-refractivity contribution < 1.29 is 9.59 Å². The third-order valence-electron chi connectivity index (χ3n) is 3.09. The van der Waals surface area contributed by atoms with Crippen LogP contribution in [0.1, 0.15) is 5.56 Å². The summed E-state index contributed by atoms with van der Waals surface area (Å²) in [7, 11) is 0. The predicted octanol–water partition coefficient (Wildman–Crippen LogP) is 3.30. The van der Waals surface area contributed by atoms with Gasteiger partial charge in [-0.3, -0.25) is 9.59 Å². The number of nitrogens with zero attached hydrogens (tertiary/aromatic N) is 1. The molecule has 98 valence electrons. The van der Waals surface area contributed by atoms with Gasteiger partial charge in [-0.1, -0.05) is 41.9 Å². The molecule has 1 heterocycles. The molecular weight excluding hydrogens is 274 g/mol. The van der Waals surface area contributed by atoms with Crippen LogP contribution in [0.5, 0.6) is 0 Å². The molecule has 0 spiro atoms. The second-order valence-corrected chi connectivity index (χ2v) is 4.82. The minimum absolute atomic E-state index is 0.316. The van der Waals surface area contributed by atoms with Crippen molar-refractivity contribution in [2.45, 2.75) is 0 Å². The third-order valence-corrected chi connectivity index (χ3v) is 3.34. The number of hydrogen-bond donors (Lipinski definition) is 0. The maximum absolute atomic E-state index is 12.4. The third kappa shape index (κ3) is 2.12. The molecule has 2 amide bonds. The summed E-state index contributed by atoms with van der Waals surface area (Å²) in [5.41, 5.74) is 1.67. The van der Waals surface area contributed by atoms with Crippen molar-refractivity contribution in [1.29, 1.82) is 0 Å². The monoisotopic (exact) mass is 283 g/mol. The van der Waals surface area contributed by atoms with Gasteiger partial charge < -0.3 is 0 Å². The van der Waals surface area contributed by atoms with E-state index in [9.17, 15) is 9.59 Å². The van der Waals surface area contributed by atoms with Crippen LogP contribution in [0.15, 0.2) is 60.7 Å². The van der Waals surface area contributed by atoms with E-state index in [1.807, 2.05) is 30.3 Å². The van der Waals surface area contributed by atoms with Gasteiger partial charge in [0.1, 0.15) is 0 Å². The maximum atomic E-state index is 12.4. The second kappa shape index (κ2) is 4.94. The van der Waals surface area contributed by atoms with Gasteiger partial charge in [0.2, 0.25) is 0 Å². The molecule has 0 aliphatic carbocycles. The number of imide groups is 1. The Balaban J connectivity index is 1.97. The molecule has 1 aliphatic rings. The zero-order valence-electron chi connectivity index (χ0n) is 10.4. The molecule has 0 saturated heterocycles. The smallest absolute Gasteiger partial charge is 0.266 e. The molecule has 2 aromatic rings. The van der Waals surface area contributed by atoms with Gasteiger partial charge in [0, 0.05) is 11.1 Å². The molecule has 0 aromatic heterocycles. The number of halogens is 1. The molecule has 0 fully saturated rings. The standard InChI is InChI=1S/C16H10ClNO2/c17-12-6-8-13(9-7-12)18-15(19)10-14(16(18)20)11-4-2-1-3-5-11/h1-10H. The SMILES string of the molecule is O=C1C=C(c2ccccc2)C(=O)N1c1ccc(Cl)cc1. The first-order valence-electron chi connectivity index (χ1n) is 6.08. The van der Waals surface area contributed by atoms with Crippen molar-refractivity contribution in [2.75, 3.05) is 4.90 Å². The van der Waals surface area contributed by atoms with E-state index in [2.05, 4.69) is 0 Å². The lowest BCUT2D eigenvalue weighted by Crippen LogP contribution is -2.30. The Hall–Kier alpha value is -2.39. The van der Waals surface area contributed by atoms with Crippen LogP contribution < -0.4 is 4.90 Å². The van der Waals surface area contributed by atoms with Crippen molar-refractivity contribution in [2.24, 2.45) is 0 Å². The minimum atomic E-state index is -0.337. The van der Waals surface area contributed by atoms with Crippen LogP contribution in [0.25, 0.3) is 5.57 Å². The highest BCUT2D eigenvalue weighted by molar-refractivity contribution is 6.43. The number of benzene rings is 2. The zero-order valence-corrected chi connectivity index (χ0v) is 11.2. The number of carbonyl (C=O) groups excluding carboxylic acids is 2. The molecule has 20 heavy (non-hydrogen) atoms. The highest BCUT2D eigenvalue weighted by atomic mass is 35.5. The summed E-state index contributed by atoms with van der Waals surface area (Å²) in [6.07, 6.45) is 1.37. The highest BCUT2D eigenvalue weighted by Crippen LogP contribution is 2.28. The maximum Gasteiger partial charge on any atom is 0.266 e. The first-order chi connectivity index (χ1) is 9.66. The average molecular weight is 284 g/mol. The van der Waals surface area contributed by atoms with Gasteiger partial charge in [-0.05, 0) is 29.8 Å². The fraction of sp³-hybridized carbons (Fsp3) is 0. The lowest BCUT2D eigenvalue weighted by molar-refractivity contribution is -0.119. The van der Waals surface area contributed by atoms with E-state index in [0.29, 0.717) is 16.3 Å². The normalized spacial score (nSPS) is 14.7. The van der Waals surface area contributed by atoms with Crippen molar-refractivity contribution in [3.8, 4) is 0 Å². The number of amides is 2. The van der Waals surface area contributed by atoms with E-state index in [1.54, 1.807) is 24.3 Å². The minimum Gasteiger partial charge on any atom is -0.269 e. The Labute approximate surface area is 121 Å². The predicted molar refractivity (Wildman–Crippen MR) is 78.4 cm³/mol. The first-order valence-corrected chi connectivity index (χ1v) is 6.46. The van der Waals surface area contributed by atoms with Gasteiger partial charge in [0.05, 0.1) is 11.3 Å². The van der Waals surface area contributed by atoms with Gasteiger partial charge in [0.15, 0.2) is 0 Å². The summed E-state index contributed by atoms with van der Waals surface area (Å²) in [5.74, 6) is -0.653. The number of carbonyl (C=O) groups is 2. The number of rotatable bonds is 2. The van der Waals surface area contributed by atoms with Gasteiger partial charge in [-0.25, -0.2) is 4.90 Å². The molecule has 0 atom stereocenters. The molecule has 0 unspecified atom stereocenters. The van der Waals surface area contributed by atoms with E-state index in [4.69, 9.17) is 11.6 Å². The van der Waals surface area contributed by atoms with Crippen LogP contribution in [0.2, 0.25) is 5.02 Å². The summed E-state index contributed by atoms with van der Waals surface area (Å²) in [6.45, 7) is 0. The topological polar surface area (TPSA) is 37.4 Å². The zero-order chi connectivity index (χ0) is 14.1. The molecule has 0 saturated carbocycles. The Morgan fingerprint density at radius 2 is 1.50 bits per heavy atom. The summed E-state index contributed by atoms with van der Waals surface area (Å²) in [4.78, 5) is 25.6. The van der Waals surface area contributed by atoms with E-state index < -0.39 is 0 Å². The summed E-state index contributed by atoms with van der Waals surface area (Å²) >= 11 is 5.81. The molecule has 0 radical (unpaired) electrons. The quantitative estimate of drug-likeness (QED) is 0.793. The average Bonchev–Trinajstić information content (AvgIpc) is 2.76. The van der Waals surface area contributed by atoms with Crippen LogP contribution in [-0.4, -0.2) is 11.8 Å². The van der Waals surface area contributed by atoms with Crippen LogP contribution in [0.4, 0.5) is 5.69 Å². The number of hydrogen-bond acceptors (Lipinski definition) is 2. The Morgan fingerprint density at radius 3 is 2.15 bits per heavy atom. The van der Waals surface area contributed by atoms with E-state index >= 15 is 0 Å². The molecule has 0 N–H and O–H groups in total. The highest BCUT2D eigenvalue weighted by Gasteiger charge is 2.32. The molecule has 3 nitrogen and oxygen atoms in total. The van der Waals surface area contributed by atoms with Gasteiger partial charge >= 0.3 is 0 Å². The summed E-state index contributed by atoms with van der Waals surface area (Å²) < 4.78 is 0. The Bertz CT molecular complexity index is 705. The number of anilines is 1. The fourth-order valence-electron chi connectivity index (χ4n) is 2.13. The van der Waals surface area contributed by atoms with E-state index in [0.717, 1.165) is 10.5 Å². The Kier molecular flexibility index (Phi) is 3.12. The molecule has 3 rings (SSSR count). The van der Waals surface area contributed by atoms with Crippen LogP contribution in [0, 0.1) is 0 Å². The Morgan fingerprint density at radius 1 is 0.850 bits per heavy atom. The summed E-state index contributed by atoms with van der Waals surface area (Å²) in [6, 6.07) is 15.8. The lowest BCUT2D eigenvalue weighted by Gasteiger charge is -2.14. The largest absolute Gasteiger partial charge is 0.269 e. The lowest BCUT2D eigenvalue weighted by atomic mass is 10.1. The molecule has 2 aromatic carbocycles. The van der Waals surface area contributed by atoms with Crippen molar-refractivity contribution in [1.82, 2.24) is 0 Å². The molecule has 1 aliphatic heterocycles. The van der Waals surface area contributed by atoms with Gasteiger partial charge in [0.25, 0.3) is 11.8 Å². The van der Waals surface area contributed by atoms with Crippen LogP contribution in [0.3, 0.4) is 0 Å².